The summed E-state index contributed by atoms with van der Waals surface area (Å²) in [5, 5.41) is 8.80. The summed E-state index contributed by atoms with van der Waals surface area (Å²) in [6.07, 6.45) is 0. The molecule has 1 nitrogen and oxygen atoms in total. The molecule has 0 fully saturated rings. The Morgan fingerprint density at radius 1 is 1.55 bits per heavy atom. The maximum atomic E-state index is 12.7. The second-order valence-electron chi connectivity index (χ2n) is 2.02. The van der Waals surface area contributed by atoms with Gasteiger partial charge in [-0.05, 0) is 40.3 Å². The largest absolute Gasteiger partial charge is 0.392 e. The van der Waals surface area contributed by atoms with Gasteiger partial charge in [0.1, 0.15) is 5.82 Å². The highest BCUT2D eigenvalue weighted by molar-refractivity contribution is 14.1. The summed E-state index contributed by atoms with van der Waals surface area (Å²) in [5.74, 6) is -0.451. The molecule has 0 unspecified atom stereocenters. The van der Waals surface area contributed by atoms with Crippen LogP contribution in [-0.2, 0) is 6.61 Å². The normalized spacial score (nSPS) is 10.2. The van der Waals surface area contributed by atoms with Crippen molar-refractivity contribution in [2.45, 2.75) is 6.61 Å². The second-order valence-corrected chi connectivity index (χ2v) is 3.59. The van der Waals surface area contributed by atoms with Gasteiger partial charge in [-0.1, -0.05) is 11.6 Å². The molecule has 1 aromatic carbocycles. The summed E-state index contributed by atoms with van der Waals surface area (Å²) in [5.41, 5.74) is 0.650. The van der Waals surface area contributed by atoms with Gasteiger partial charge in [-0.2, -0.15) is 0 Å². The van der Waals surface area contributed by atoms with Crippen molar-refractivity contribution in [3.05, 3.63) is 32.1 Å². The SMILES string of the molecule is OCc1cc(Cl)c(F)cc1I. The number of rotatable bonds is 1. The minimum absolute atomic E-state index is 0.0504. The zero-order chi connectivity index (χ0) is 8.43. The second kappa shape index (κ2) is 3.69. The van der Waals surface area contributed by atoms with Gasteiger partial charge in [-0.15, -0.1) is 0 Å². The van der Waals surface area contributed by atoms with Crippen LogP contribution in [0, 0.1) is 9.39 Å². The summed E-state index contributed by atoms with van der Waals surface area (Å²) >= 11 is 7.42. The molecule has 4 heteroatoms. The Morgan fingerprint density at radius 3 is 2.73 bits per heavy atom. The van der Waals surface area contributed by atoms with Crippen molar-refractivity contribution < 1.29 is 9.50 Å². The van der Waals surface area contributed by atoms with Gasteiger partial charge < -0.3 is 5.11 Å². The van der Waals surface area contributed by atoms with Gasteiger partial charge in [0.2, 0.25) is 0 Å². The van der Waals surface area contributed by atoms with E-state index in [0.717, 1.165) is 0 Å². The first-order valence-electron chi connectivity index (χ1n) is 2.89. The van der Waals surface area contributed by atoms with E-state index in [1.54, 1.807) is 0 Å². The predicted octanol–water partition coefficient (Wildman–Crippen LogP) is 2.58. The van der Waals surface area contributed by atoms with E-state index in [9.17, 15) is 4.39 Å². The first-order valence-corrected chi connectivity index (χ1v) is 4.35. The lowest BCUT2D eigenvalue weighted by molar-refractivity contribution is 0.281. The molecule has 0 heterocycles. The van der Waals surface area contributed by atoms with E-state index in [-0.39, 0.29) is 11.6 Å². The van der Waals surface area contributed by atoms with Crippen LogP contribution in [0.4, 0.5) is 4.39 Å². The van der Waals surface area contributed by atoms with Crippen LogP contribution in [0.25, 0.3) is 0 Å². The molecule has 0 saturated carbocycles. The highest BCUT2D eigenvalue weighted by Gasteiger charge is 2.04. The Labute approximate surface area is 82.3 Å². The van der Waals surface area contributed by atoms with Gasteiger partial charge in [0.15, 0.2) is 0 Å². The highest BCUT2D eigenvalue weighted by atomic mass is 127. The molecule has 0 amide bonds. The van der Waals surface area contributed by atoms with Crippen LogP contribution in [0.3, 0.4) is 0 Å². The number of halogens is 3. The molecule has 0 atom stereocenters. The van der Waals surface area contributed by atoms with E-state index in [0.29, 0.717) is 9.13 Å². The minimum atomic E-state index is -0.451. The van der Waals surface area contributed by atoms with E-state index in [1.807, 2.05) is 22.6 Å². The maximum absolute atomic E-state index is 12.7. The van der Waals surface area contributed by atoms with Crippen molar-refractivity contribution in [3.8, 4) is 0 Å². The Kier molecular flexibility index (Phi) is 3.09. The van der Waals surface area contributed by atoms with E-state index in [4.69, 9.17) is 16.7 Å². The predicted molar refractivity (Wildman–Crippen MR) is 50.0 cm³/mol. The van der Waals surface area contributed by atoms with Crippen molar-refractivity contribution >= 4 is 34.2 Å². The number of aliphatic hydroxyl groups excluding tert-OH is 1. The van der Waals surface area contributed by atoms with Crippen LogP contribution in [0.1, 0.15) is 5.56 Å². The minimum Gasteiger partial charge on any atom is -0.392 e. The fourth-order valence-electron chi connectivity index (χ4n) is 0.685. The molecule has 0 aliphatic carbocycles. The van der Waals surface area contributed by atoms with Gasteiger partial charge in [-0.25, -0.2) is 4.39 Å². The molecule has 1 aromatic rings. The lowest BCUT2D eigenvalue weighted by Crippen LogP contribution is -1.90. The molecule has 0 aliphatic heterocycles. The van der Waals surface area contributed by atoms with E-state index >= 15 is 0 Å². The Balaban J connectivity index is 3.21. The van der Waals surface area contributed by atoms with Crippen LogP contribution in [0.2, 0.25) is 5.02 Å². The Morgan fingerprint density at radius 2 is 2.18 bits per heavy atom. The van der Waals surface area contributed by atoms with E-state index < -0.39 is 5.82 Å². The first-order chi connectivity index (χ1) is 5.15. The molecule has 0 bridgehead atoms. The molecule has 0 spiro atoms. The summed E-state index contributed by atoms with van der Waals surface area (Å²) in [6, 6.07) is 2.73. The topological polar surface area (TPSA) is 20.2 Å². The summed E-state index contributed by atoms with van der Waals surface area (Å²) in [4.78, 5) is 0. The van der Waals surface area contributed by atoms with Gasteiger partial charge in [0, 0.05) is 3.57 Å². The zero-order valence-electron chi connectivity index (χ0n) is 5.44. The Bertz CT molecular complexity index is 277. The lowest BCUT2D eigenvalue weighted by atomic mass is 10.2. The first kappa shape index (κ1) is 9.22. The average molecular weight is 286 g/mol. The van der Waals surface area contributed by atoms with E-state index in [2.05, 4.69) is 0 Å². The summed E-state index contributed by atoms with van der Waals surface area (Å²) in [7, 11) is 0. The molecule has 0 radical (unpaired) electrons. The van der Waals surface area contributed by atoms with Crippen molar-refractivity contribution in [1.82, 2.24) is 0 Å². The molecule has 0 saturated heterocycles. The van der Waals surface area contributed by atoms with Crippen molar-refractivity contribution in [2.24, 2.45) is 0 Å². The van der Waals surface area contributed by atoms with E-state index in [1.165, 1.54) is 12.1 Å². The van der Waals surface area contributed by atoms with Crippen LogP contribution < -0.4 is 0 Å². The molecular weight excluding hydrogens is 281 g/mol. The zero-order valence-corrected chi connectivity index (χ0v) is 8.36. The fraction of sp³-hybridized carbons (Fsp3) is 0.143. The molecular formula is C7H5ClFIO. The molecule has 60 valence electrons. The van der Waals surface area contributed by atoms with Gasteiger partial charge >= 0.3 is 0 Å². The van der Waals surface area contributed by atoms with Gasteiger partial charge in [0.25, 0.3) is 0 Å². The number of hydrogen-bond donors (Lipinski definition) is 1. The van der Waals surface area contributed by atoms with Gasteiger partial charge in [-0.3, -0.25) is 0 Å². The fourth-order valence-corrected chi connectivity index (χ4v) is 1.47. The average Bonchev–Trinajstić information content (AvgIpc) is 1.97. The molecule has 11 heavy (non-hydrogen) atoms. The van der Waals surface area contributed by atoms with Crippen LogP contribution in [0.15, 0.2) is 12.1 Å². The van der Waals surface area contributed by atoms with Gasteiger partial charge in [0.05, 0.1) is 11.6 Å². The van der Waals surface area contributed by atoms with Crippen molar-refractivity contribution in [3.63, 3.8) is 0 Å². The monoisotopic (exact) mass is 286 g/mol. The number of benzene rings is 1. The third kappa shape index (κ3) is 2.04. The smallest absolute Gasteiger partial charge is 0.142 e. The van der Waals surface area contributed by atoms with Crippen LogP contribution in [0.5, 0.6) is 0 Å². The maximum Gasteiger partial charge on any atom is 0.142 e. The summed E-state index contributed by atoms with van der Waals surface area (Å²) in [6.45, 7) is -0.113. The third-order valence-electron chi connectivity index (χ3n) is 1.26. The number of aliphatic hydroxyl groups is 1. The van der Waals surface area contributed by atoms with Crippen LogP contribution in [-0.4, -0.2) is 5.11 Å². The molecule has 0 aromatic heterocycles. The molecule has 0 aliphatic rings. The molecule has 1 rings (SSSR count). The summed E-state index contributed by atoms with van der Waals surface area (Å²) < 4.78 is 13.4. The van der Waals surface area contributed by atoms with Crippen molar-refractivity contribution in [1.29, 1.82) is 0 Å². The van der Waals surface area contributed by atoms with Crippen molar-refractivity contribution in [2.75, 3.05) is 0 Å². The standard InChI is InChI=1S/C7H5ClFIO/c8-5-1-4(3-11)7(10)2-6(5)9/h1-2,11H,3H2. The Hall–Kier alpha value is 0.130. The van der Waals surface area contributed by atoms with Crippen LogP contribution >= 0.6 is 34.2 Å². The number of hydrogen-bond acceptors (Lipinski definition) is 1. The highest BCUT2D eigenvalue weighted by Crippen LogP contribution is 2.21. The molecule has 1 N–H and O–H groups in total. The quantitative estimate of drug-likeness (QED) is 0.621. The third-order valence-corrected chi connectivity index (χ3v) is 2.55. The lowest BCUT2D eigenvalue weighted by Gasteiger charge is -2.01.